The quantitative estimate of drug-likeness (QED) is 0.583. The Labute approximate surface area is 145 Å². The standard InChI is InChI=1S/C22H26N2/c1-18(2)24-17-21(15-9-14-19-10-5-3-6-11-19)23-22(24)16-20-12-7-4-8-13-20/h3-8,10-13,17-18H,9,14-16H2,1-2H3. The average Bonchev–Trinajstić information content (AvgIpc) is 3.00. The number of hydrogen-bond acceptors (Lipinski definition) is 1. The largest absolute Gasteiger partial charge is 0.332 e. The van der Waals surface area contributed by atoms with E-state index >= 15 is 0 Å². The highest BCUT2D eigenvalue weighted by Gasteiger charge is 2.11. The van der Waals surface area contributed by atoms with Crippen LogP contribution in [0.5, 0.6) is 0 Å². The van der Waals surface area contributed by atoms with Crippen LogP contribution in [0.25, 0.3) is 0 Å². The molecule has 0 aliphatic heterocycles. The molecule has 3 aromatic rings. The minimum absolute atomic E-state index is 0.444. The van der Waals surface area contributed by atoms with E-state index in [2.05, 4.69) is 85.3 Å². The van der Waals surface area contributed by atoms with Gasteiger partial charge in [0.15, 0.2) is 0 Å². The minimum Gasteiger partial charge on any atom is -0.332 e. The van der Waals surface area contributed by atoms with Crippen molar-refractivity contribution in [1.82, 2.24) is 9.55 Å². The summed E-state index contributed by atoms with van der Waals surface area (Å²) in [6.45, 7) is 4.45. The molecule has 0 N–H and O–H groups in total. The van der Waals surface area contributed by atoms with E-state index in [1.807, 2.05) is 0 Å². The molecule has 1 heterocycles. The molecule has 2 aromatic carbocycles. The summed E-state index contributed by atoms with van der Waals surface area (Å²) >= 11 is 0. The predicted molar refractivity (Wildman–Crippen MR) is 100 cm³/mol. The number of benzene rings is 2. The summed E-state index contributed by atoms with van der Waals surface area (Å²) in [6.07, 6.45) is 6.44. The van der Waals surface area contributed by atoms with E-state index < -0.39 is 0 Å². The van der Waals surface area contributed by atoms with Gasteiger partial charge in [-0.05, 0) is 44.2 Å². The van der Waals surface area contributed by atoms with E-state index in [-0.39, 0.29) is 0 Å². The number of aryl methyl sites for hydroxylation is 2. The lowest BCUT2D eigenvalue weighted by molar-refractivity contribution is 0.574. The first kappa shape index (κ1) is 16.5. The zero-order chi connectivity index (χ0) is 16.8. The Balaban J connectivity index is 1.67. The van der Waals surface area contributed by atoms with Crippen molar-refractivity contribution in [3.05, 3.63) is 89.5 Å². The first-order valence-electron chi connectivity index (χ1n) is 8.87. The van der Waals surface area contributed by atoms with E-state index in [1.165, 1.54) is 22.6 Å². The van der Waals surface area contributed by atoms with Crippen LogP contribution in [0.1, 0.15) is 49.0 Å². The molecule has 0 radical (unpaired) electrons. The summed E-state index contributed by atoms with van der Waals surface area (Å²) in [5, 5.41) is 0. The lowest BCUT2D eigenvalue weighted by atomic mass is 10.1. The molecule has 1 aromatic heterocycles. The van der Waals surface area contributed by atoms with Crippen LogP contribution in [0, 0.1) is 0 Å². The lowest BCUT2D eigenvalue weighted by Crippen LogP contribution is -2.05. The van der Waals surface area contributed by atoms with Gasteiger partial charge in [0, 0.05) is 18.7 Å². The summed E-state index contributed by atoms with van der Waals surface area (Å²) in [5.41, 5.74) is 3.94. The fourth-order valence-electron chi connectivity index (χ4n) is 3.08. The van der Waals surface area contributed by atoms with Gasteiger partial charge in [-0.2, -0.15) is 0 Å². The van der Waals surface area contributed by atoms with E-state index in [4.69, 9.17) is 4.98 Å². The summed E-state index contributed by atoms with van der Waals surface area (Å²) < 4.78 is 2.32. The highest BCUT2D eigenvalue weighted by Crippen LogP contribution is 2.17. The van der Waals surface area contributed by atoms with Gasteiger partial charge in [-0.25, -0.2) is 4.98 Å². The van der Waals surface area contributed by atoms with Crippen molar-refractivity contribution in [2.75, 3.05) is 0 Å². The molecule has 3 rings (SSSR count). The number of aromatic nitrogens is 2. The highest BCUT2D eigenvalue weighted by atomic mass is 15.1. The first-order chi connectivity index (χ1) is 11.7. The van der Waals surface area contributed by atoms with Gasteiger partial charge in [0.1, 0.15) is 5.82 Å². The van der Waals surface area contributed by atoms with Gasteiger partial charge in [-0.1, -0.05) is 60.7 Å². The summed E-state index contributed by atoms with van der Waals surface area (Å²) in [5.74, 6) is 1.17. The zero-order valence-corrected chi connectivity index (χ0v) is 14.7. The van der Waals surface area contributed by atoms with Gasteiger partial charge in [0.25, 0.3) is 0 Å². The van der Waals surface area contributed by atoms with Crippen molar-refractivity contribution in [3.8, 4) is 0 Å². The maximum Gasteiger partial charge on any atom is 0.113 e. The molecule has 2 nitrogen and oxygen atoms in total. The SMILES string of the molecule is CC(C)n1cc(CCCc2ccccc2)nc1Cc1ccccc1. The van der Waals surface area contributed by atoms with Crippen LogP contribution in [0.3, 0.4) is 0 Å². The minimum atomic E-state index is 0.444. The molecule has 0 fully saturated rings. The van der Waals surface area contributed by atoms with Crippen LogP contribution in [-0.2, 0) is 19.3 Å². The van der Waals surface area contributed by atoms with Gasteiger partial charge in [-0.15, -0.1) is 0 Å². The normalized spacial score (nSPS) is 11.1. The molecule has 0 amide bonds. The van der Waals surface area contributed by atoms with Crippen LogP contribution in [-0.4, -0.2) is 9.55 Å². The molecule has 0 saturated heterocycles. The first-order valence-corrected chi connectivity index (χ1v) is 8.87. The van der Waals surface area contributed by atoms with Gasteiger partial charge in [0.2, 0.25) is 0 Å². The monoisotopic (exact) mass is 318 g/mol. The number of rotatable bonds is 7. The summed E-state index contributed by atoms with van der Waals surface area (Å²) in [4.78, 5) is 4.92. The molecular weight excluding hydrogens is 292 g/mol. The number of imidazole rings is 1. The molecule has 0 atom stereocenters. The highest BCUT2D eigenvalue weighted by molar-refractivity contribution is 5.21. The molecule has 124 valence electrons. The van der Waals surface area contributed by atoms with Gasteiger partial charge >= 0.3 is 0 Å². The molecule has 0 bridgehead atoms. The van der Waals surface area contributed by atoms with Gasteiger partial charge in [-0.3, -0.25) is 0 Å². The van der Waals surface area contributed by atoms with Crippen molar-refractivity contribution < 1.29 is 0 Å². The third kappa shape index (κ3) is 4.35. The van der Waals surface area contributed by atoms with Crippen molar-refractivity contribution in [2.24, 2.45) is 0 Å². The van der Waals surface area contributed by atoms with Crippen LogP contribution in [0.4, 0.5) is 0 Å². The van der Waals surface area contributed by atoms with Crippen molar-refractivity contribution in [3.63, 3.8) is 0 Å². The van der Waals surface area contributed by atoms with Crippen molar-refractivity contribution in [1.29, 1.82) is 0 Å². The van der Waals surface area contributed by atoms with Crippen LogP contribution < -0.4 is 0 Å². The second-order valence-corrected chi connectivity index (χ2v) is 6.65. The Morgan fingerprint density at radius 3 is 2.08 bits per heavy atom. The summed E-state index contributed by atoms with van der Waals surface area (Å²) in [7, 11) is 0. The van der Waals surface area contributed by atoms with E-state index in [9.17, 15) is 0 Å². The van der Waals surface area contributed by atoms with Crippen LogP contribution in [0.15, 0.2) is 66.9 Å². The number of nitrogens with zero attached hydrogens (tertiary/aromatic N) is 2. The molecular formula is C22H26N2. The summed E-state index contributed by atoms with van der Waals surface area (Å²) in [6, 6.07) is 21.7. The van der Waals surface area contributed by atoms with Gasteiger partial charge in [0.05, 0.1) is 5.69 Å². The van der Waals surface area contributed by atoms with Gasteiger partial charge < -0.3 is 4.57 Å². The molecule has 0 aliphatic rings. The van der Waals surface area contributed by atoms with E-state index in [0.29, 0.717) is 6.04 Å². The number of hydrogen-bond donors (Lipinski definition) is 0. The van der Waals surface area contributed by atoms with E-state index in [1.54, 1.807) is 0 Å². The molecule has 24 heavy (non-hydrogen) atoms. The molecule has 0 saturated carbocycles. The molecule has 2 heteroatoms. The molecule has 0 spiro atoms. The third-order valence-electron chi connectivity index (χ3n) is 4.36. The smallest absolute Gasteiger partial charge is 0.113 e. The topological polar surface area (TPSA) is 17.8 Å². The molecule has 0 unspecified atom stereocenters. The Bertz CT molecular complexity index is 742. The molecule has 0 aliphatic carbocycles. The van der Waals surface area contributed by atoms with Crippen LogP contribution >= 0.6 is 0 Å². The lowest BCUT2D eigenvalue weighted by Gasteiger charge is -2.11. The third-order valence-corrected chi connectivity index (χ3v) is 4.36. The average molecular weight is 318 g/mol. The Morgan fingerprint density at radius 2 is 1.46 bits per heavy atom. The fraction of sp³-hybridized carbons (Fsp3) is 0.318. The Morgan fingerprint density at radius 1 is 0.833 bits per heavy atom. The second-order valence-electron chi connectivity index (χ2n) is 6.65. The van der Waals surface area contributed by atoms with Crippen molar-refractivity contribution in [2.45, 2.75) is 45.6 Å². The second kappa shape index (κ2) is 7.96. The fourth-order valence-corrected chi connectivity index (χ4v) is 3.08. The Kier molecular flexibility index (Phi) is 5.47. The van der Waals surface area contributed by atoms with Crippen LogP contribution in [0.2, 0.25) is 0 Å². The maximum atomic E-state index is 4.92. The van der Waals surface area contributed by atoms with E-state index in [0.717, 1.165) is 25.7 Å². The predicted octanol–water partition coefficient (Wildman–Crippen LogP) is 5.23. The maximum absolute atomic E-state index is 4.92. The van der Waals surface area contributed by atoms with Crippen molar-refractivity contribution >= 4 is 0 Å². The Hall–Kier alpha value is -2.35. The zero-order valence-electron chi connectivity index (χ0n) is 14.7.